The van der Waals surface area contributed by atoms with Crippen LogP contribution in [0.5, 0.6) is 5.75 Å². The number of rotatable bonds is 1. The molecule has 0 bridgehead atoms. The quantitative estimate of drug-likeness (QED) is 0.804. The second-order valence-corrected chi connectivity index (χ2v) is 3.94. The minimum atomic E-state index is 0.490. The van der Waals surface area contributed by atoms with Crippen molar-refractivity contribution >= 4 is 29.3 Å². The van der Waals surface area contributed by atoms with Crippen LogP contribution in [0, 0.1) is 0 Å². The summed E-state index contributed by atoms with van der Waals surface area (Å²) in [6.07, 6.45) is 1.97. The molecule has 4 heteroatoms. The summed E-state index contributed by atoms with van der Waals surface area (Å²) in [5.74, 6) is 0.688. The Morgan fingerprint density at radius 1 is 1.36 bits per heavy atom. The van der Waals surface area contributed by atoms with Gasteiger partial charge in [-0.2, -0.15) is 0 Å². The highest BCUT2D eigenvalue weighted by Gasteiger charge is 2.14. The van der Waals surface area contributed by atoms with E-state index in [1.54, 1.807) is 6.07 Å². The highest BCUT2D eigenvalue weighted by Crippen LogP contribution is 2.36. The van der Waals surface area contributed by atoms with E-state index in [-0.39, 0.29) is 0 Å². The summed E-state index contributed by atoms with van der Waals surface area (Å²) >= 11 is 11.8. The normalized spacial score (nSPS) is 14.4. The lowest BCUT2D eigenvalue weighted by molar-refractivity contribution is 0.346. The van der Waals surface area contributed by atoms with Crippen molar-refractivity contribution in [1.29, 1.82) is 0 Å². The molecular formula is C10H9Cl2NO. The molecule has 1 aliphatic rings. The van der Waals surface area contributed by atoms with Crippen LogP contribution >= 0.6 is 23.2 Å². The van der Waals surface area contributed by atoms with Crippen molar-refractivity contribution in [1.82, 2.24) is 0 Å². The van der Waals surface area contributed by atoms with Gasteiger partial charge in [-0.05, 0) is 23.8 Å². The zero-order valence-corrected chi connectivity index (χ0v) is 8.90. The fourth-order valence-electron chi connectivity index (χ4n) is 1.38. The van der Waals surface area contributed by atoms with Crippen LogP contribution in [0.1, 0.15) is 5.56 Å². The second-order valence-electron chi connectivity index (χ2n) is 3.10. The molecule has 0 aliphatic carbocycles. The molecular weight excluding hydrogens is 221 g/mol. The predicted molar refractivity (Wildman–Crippen MR) is 59.0 cm³/mol. The van der Waals surface area contributed by atoms with Gasteiger partial charge in [-0.25, -0.2) is 0 Å². The second kappa shape index (κ2) is 3.81. The molecule has 1 aliphatic heterocycles. The number of hydrogen-bond acceptors (Lipinski definition) is 2. The number of ether oxygens (including phenoxy) is 1. The van der Waals surface area contributed by atoms with Gasteiger partial charge in [-0.3, -0.25) is 0 Å². The van der Waals surface area contributed by atoms with E-state index in [1.165, 1.54) is 0 Å². The Bertz CT molecular complexity index is 401. The maximum atomic E-state index is 5.97. The minimum Gasteiger partial charge on any atom is -0.487 e. The molecule has 0 radical (unpaired) electrons. The molecule has 2 rings (SSSR count). The molecule has 0 saturated heterocycles. The number of benzene rings is 1. The van der Waals surface area contributed by atoms with Gasteiger partial charge >= 0.3 is 0 Å². The van der Waals surface area contributed by atoms with Gasteiger partial charge in [0.05, 0.1) is 5.02 Å². The lowest BCUT2D eigenvalue weighted by atomic mass is 10.1. The first-order valence-corrected chi connectivity index (χ1v) is 4.97. The first-order valence-electron chi connectivity index (χ1n) is 4.22. The van der Waals surface area contributed by atoms with Crippen LogP contribution in [0.3, 0.4) is 0 Å². The van der Waals surface area contributed by atoms with E-state index in [9.17, 15) is 0 Å². The fourth-order valence-corrected chi connectivity index (χ4v) is 1.95. The first kappa shape index (κ1) is 9.84. The lowest BCUT2D eigenvalue weighted by Gasteiger charge is -2.18. The SMILES string of the molecule is NCC1=Cc2cc(Cl)cc(Cl)c2OC1. The van der Waals surface area contributed by atoms with E-state index in [1.807, 2.05) is 12.1 Å². The Labute approximate surface area is 92.3 Å². The zero-order valence-electron chi connectivity index (χ0n) is 7.39. The van der Waals surface area contributed by atoms with Gasteiger partial charge < -0.3 is 10.5 Å². The largest absolute Gasteiger partial charge is 0.487 e. The highest BCUT2D eigenvalue weighted by atomic mass is 35.5. The molecule has 1 aromatic rings. The standard InChI is InChI=1S/C10H9Cl2NO/c11-8-2-7-1-6(4-13)5-14-10(7)9(12)3-8/h1-3H,4-5,13H2. The molecule has 0 amide bonds. The van der Waals surface area contributed by atoms with Crippen molar-refractivity contribution in [2.24, 2.45) is 5.73 Å². The lowest BCUT2D eigenvalue weighted by Crippen LogP contribution is -2.14. The van der Waals surface area contributed by atoms with E-state index in [2.05, 4.69) is 0 Å². The van der Waals surface area contributed by atoms with Gasteiger partial charge in [-0.15, -0.1) is 0 Å². The van der Waals surface area contributed by atoms with E-state index < -0.39 is 0 Å². The number of fused-ring (bicyclic) bond motifs is 1. The summed E-state index contributed by atoms with van der Waals surface area (Å²) < 4.78 is 5.47. The molecule has 0 spiro atoms. The highest BCUT2D eigenvalue weighted by molar-refractivity contribution is 6.36. The van der Waals surface area contributed by atoms with Crippen molar-refractivity contribution in [3.8, 4) is 5.75 Å². The number of nitrogens with two attached hydrogens (primary N) is 1. The Balaban J connectivity index is 2.52. The summed E-state index contributed by atoms with van der Waals surface area (Å²) in [5.41, 5.74) is 7.46. The first-order chi connectivity index (χ1) is 6.70. The molecule has 0 atom stereocenters. The van der Waals surface area contributed by atoms with E-state index in [4.69, 9.17) is 33.7 Å². The van der Waals surface area contributed by atoms with Crippen LogP contribution in [-0.2, 0) is 0 Å². The maximum Gasteiger partial charge on any atom is 0.145 e. The summed E-state index contributed by atoms with van der Waals surface area (Å²) in [6.45, 7) is 0.994. The van der Waals surface area contributed by atoms with Crippen LogP contribution in [0.15, 0.2) is 17.7 Å². The maximum absolute atomic E-state index is 5.97. The molecule has 0 fully saturated rings. The molecule has 2 nitrogen and oxygen atoms in total. The predicted octanol–water partition coefficient (Wildman–Crippen LogP) is 2.73. The summed E-state index contributed by atoms with van der Waals surface area (Å²) in [7, 11) is 0. The molecule has 0 saturated carbocycles. The van der Waals surface area contributed by atoms with E-state index >= 15 is 0 Å². The molecule has 74 valence electrons. The minimum absolute atomic E-state index is 0.490. The summed E-state index contributed by atoms with van der Waals surface area (Å²) in [5, 5.41) is 1.15. The summed E-state index contributed by atoms with van der Waals surface area (Å²) in [4.78, 5) is 0. The molecule has 0 aromatic heterocycles. The monoisotopic (exact) mass is 229 g/mol. The van der Waals surface area contributed by atoms with Crippen LogP contribution in [0.25, 0.3) is 6.08 Å². The smallest absolute Gasteiger partial charge is 0.145 e. The van der Waals surface area contributed by atoms with Gasteiger partial charge in [0.25, 0.3) is 0 Å². The van der Waals surface area contributed by atoms with Gasteiger partial charge in [0.15, 0.2) is 0 Å². The van der Waals surface area contributed by atoms with Gasteiger partial charge in [0.2, 0.25) is 0 Å². The average Bonchev–Trinajstić information content (AvgIpc) is 2.16. The molecule has 1 heterocycles. The Hall–Kier alpha value is -0.700. The van der Waals surface area contributed by atoms with Crippen molar-refractivity contribution in [3.63, 3.8) is 0 Å². The molecule has 2 N–H and O–H groups in total. The van der Waals surface area contributed by atoms with E-state index in [0.717, 1.165) is 11.1 Å². The third kappa shape index (κ3) is 1.73. The van der Waals surface area contributed by atoms with Gasteiger partial charge in [0.1, 0.15) is 12.4 Å². The number of hydrogen-bond donors (Lipinski definition) is 1. The van der Waals surface area contributed by atoms with Crippen molar-refractivity contribution in [2.45, 2.75) is 0 Å². The fraction of sp³-hybridized carbons (Fsp3) is 0.200. The van der Waals surface area contributed by atoms with Gasteiger partial charge in [0, 0.05) is 17.1 Å². The van der Waals surface area contributed by atoms with Crippen LogP contribution in [-0.4, -0.2) is 13.2 Å². The van der Waals surface area contributed by atoms with Crippen molar-refractivity contribution < 1.29 is 4.74 Å². The zero-order chi connectivity index (χ0) is 10.1. The molecule has 0 unspecified atom stereocenters. The van der Waals surface area contributed by atoms with Crippen LogP contribution in [0.4, 0.5) is 0 Å². The molecule has 14 heavy (non-hydrogen) atoms. The van der Waals surface area contributed by atoms with E-state index in [0.29, 0.717) is 28.9 Å². The summed E-state index contributed by atoms with van der Waals surface area (Å²) in [6, 6.07) is 3.49. The number of halogens is 2. The van der Waals surface area contributed by atoms with Gasteiger partial charge in [-0.1, -0.05) is 23.2 Å². The van der Waals surface area contributed by atoms with Crippen molar-refractivity contribution in [3.05, 3.63) is 33.3 Å². The average molecular weight is 230 g/mol. The molecule has 1 aromatic carbocycles. The van der Waals surface area contributed by atoms with Crippen LogP contribution in [0.2, 0.25) is 10.0 Å². The van der Waals surface area contributed by atoms with Crippen LogP contribution < -0.4 is 10.5 Å². The Morgan fingerprint density at radius 3 is 2.86 bits per heavy atom. The Morgan fingerprint density at radius 2 is 2.14 bits per heavy atom. The third-order valence-electron chi connectivity index (χ3n) is 2.06. The Kier molecular flexibility index (Phi) is 2.68. The topological polar surface area (TPSA) is 35.2 Å². The third-order valence-corrected chi connectivity index (χ3v) is 2.56. The van der Waals surface area contributed by atoms with Crippen molar-refractivity contribution in [2.75, 3.05) is 13.2 Å².